The molecule has 0 saturated carbocycles. The smallest absolute Gasteiger partial charge is 0.263 e. The summed E-state index contributed by atoms with van der Waals surface area (Å²) < 4.78 is 1.78. The number of benzene rings is 1. The molecule has 2 aromatic heterocycles. The van der Waals surface area contributed by atoms with Crippen molar-refractivity contribution in [2.24, 2.45) is 0 Å². The summed E-state index contributed by atoms with van der Waals surface area (Å²) in [4.78, 5) is 19.6. The normalized spacial score (nSPS) is 11.8. The van der Waals surface area contributed by atoms with Crippen LogP contribution in [-0.2, 0) is 18.5 Å². The first kappa shape index (κ1) is 16.2. The Morgan fingerprint density at radius 1 is 1.17 bits per heavy atom. The molecule has 6 heteroatoms. The zero-order valence-corrected chi connectivity index (χ0v) is 14.6. The van der Waals surface area contributed by atoms with Crippen LogP contribution in [-0.4, -0.2) is 19.7 Å². The van der Waals surface area contributed by atoms with Gasteiger partial charge in [-0.05, 0) is 38.3 Å². The molecule has 0 aliphatic heterocycles. The Morgan fingerprint density at radius 3 is 2.46 bits per heavy atom. The zero-order valence-electron chi connectivity index (χ0n) is 14.6. The van der Waals surface area contributed by atoms with E-state index < -0.39 is 0 Å². The Bertz CT molecular complexity index is 900. The first-order valence-electron chi connectivity index (χ1n) is 8.18. The van der Waals surface area contributed by atoms with Crippen molar-refractivity contribution in [2.75, 3.05) is 5.32 Å². The Labute approximate surface area is 140 Å². The fraction of sp³-hybridized carbons (Fsp3) is 0.389. The third-order valence-corrected chi connectivity index (χ3v) is 3.96. The number of aryl methyl sites for hydroxylation is 1. The lowest BCUT2D eigenvalue weighted by atomic mass is 10.1. The summed E-state index contributed by atoms with van der Waals surface area (Å²) in [6, 6.07) is 8.40. The maximum atomic E-state index is 12.2. The largest absolute Gasteiger partial charge is 0.352 e. The molecule has 0 bridgehead atoms. The maximum absolute atomic E-state index is 12.2. The zero-order chi connectivity index (χ0) is 17.3. The van der Waals surface area contributed by atoms with Gasteiger partial charge >= 0.3 is 0 Å². The van der Waals surface area contributed by atoms with E-state index in [1.807, 2.05) is 20.8 Å². The first-order chi connectivity index (χ1) is 11.4. The second kappa shape index (κ2) is 6.11. The van der Waals surface area contributed by atoms with E-state index in [0.29, 0.717) is 23.5 Å². The van der Waals surface area contributed by atoms with Crippen LogP contribution < -0.4 is 10.9 Å². The van der Waals surface area contributed by atoms with Gasteiger partial charge in [0.25, 0.3) is 5.56 Å². The maximum Gasteiger partial charge on any atom is 0.263 e. The van der Waals surface area contributed by atoms with Gasteiger partial charge in [-0.2, -0.15) is 10.1 Å². The van der Waals surface area contributed by atoms with Gasteiger partial charge in [-0.3, -0.25) is 9.78 Å². The monoisotopic (exact) mass is 325 g/mol. The van der Waals surface area contributed by atoms with Crippen molar-refractivity contribution < 1.29 is 0 Å². The van der Waals surface area contributed by atoms with E-state index >= 15 is 0 Å². The van der Waals surface area contributed by atoms with Gasteiger partial charge in [-0.1, -0.05) is 31.2 Å². The van der Waals surface area contributed by atoms with Crippen LogP contribution in [0.25, 0.3) is 11.0 Å². The minimum Gasteiger partial charge on any atom is -0.352 e. The molecule has 0 fully saturated rings. The Kier molecular flexibility index (Phi) is 4.13. The summed E-state index contributed by atoms with van der Waals surface area (Å²) in [7, 11) is 0. The molecule has 1 aromatic carbocycles. The Hall–Kier alpha value is -2.63. The minimum absolute atomic E-state index is 0.181. The van der Waals surface area contributed by atoms with Crippen molar-refractivity contribution in [3.8, 4) is 0 Å². The van der Waals surface area contributed by atoms with Gasteiger partial charge in [-0.25, -0.2) is 4.68 Å². The van der Waals surface area contributed by atoms with Crippen LogP contribution in [0.5, 0.6) is 0 Å². The quantitative estimate of drug-likeness (QED) is 0.773. The predicted octanol–water partition coefficient (Wildman–Crippen LogP) is 3.05. The summed E-state index contributed by atoms with van der Waals surface area (Å²) >= 11 is 0. The lowest BCUT2D eigenvalue weighted by Gasteiger charge is -2.19. The van der Waals surface area contributed by atoms with Gasteiger partial charge in [0.15, 0.2) is 5.65 Å². The number of anilines is 1. The van der Waals surface area contributed by atoms with E-state index in [2.05, 4.69) is 51.6 Å². The van der Waals surface area contributed by atoms with Crippen molar-refractivity contribution in [1.82, 2.24) is 19.7 Å². The summed E-state index contributed by atoms with van der Waals surface area (Å²) in [5.41, 5.74) is 2.62. The molecular formula is C18H23N5O. The standard InChI is InChI=1S/C18H23N5O/c1-5-12-6-8-13(9-7-12)10-19-17-21-15-14(16(24)22-17)11-20-23(15)18(2,3)4/h6-9,11H,5,10H2,1-4H3,(H2,19,21,22,24). The lowest BCUT2D eigenvalue weighted by molar-refractivity contribution is 0.366. The topological polar surface area (TPSA) is 75.6 Å². The van der Waals surface area contributed by atoms with Gasteiger partial charge in [0, 0.05) is 6.54 Å². The molecule has 0 spiro atoms. The first-order valence-corrected chi connectivity index (χ1v) is 8.18. The molecule has 0 atom stereocenters. The number of nitrogens with zero attached hydrogens (tertiary/aromatic N) is 3. The van der Waals surface area contributed by atoms with E-state index in [-0.39, 0.29) is 11.1 Å². The third-order valence-electron chi connectivity index (χ3n) is 3.96. The number of fused-ring (bicyclic) bond motifs is 1. The summed E-state index contributed by atoms with van der Waals surface area (Å²) in [6.07, 6.45) is 2.59. The molecule has 6 nitrogen and oxygen atoms in total. The molecule has 126 valence electrons. The van der Waals surface area contributed by atoms with Crippen LogP contribution in [0.1, 0.15) is 38.8 Å². The Balaban J connectivity index is 1.88. The van der Waals surface area contributed by atoms with Crippen LogP contribution >= 0.6 is 0 Å². The fourth-order valence-corrected chi connectivity index (χ4v) is 2.57. The van der Waals surface area contributed by atoms with Crippen molar-refractivity contribution in [1.29, 1.82) is 0 Å². The van der Waals surface area contributed by atoms with Crippen molar-refractivity contribution in [3.05, 3.63) is 51.9 Å². The highest BCUT2D eigenvalue weighted by molar-refractivity contribution is 5.74. The molecule has 0 amide bonds. The van der Waals surface area contributed by atoms with E-state index in [1.54, 1.807) is 10.9 Å². The molecule has 2 heterocycles. The minimum atomic E-state index is -0.240. The van der Waals surface area contributed by atoms with Crippen molar-refractivity contribution >= 4 is 17.0 Å². The van der Waals surface area contributed by atoms with E-state index in [9.17, 15) is 4.79 Å². The van der Waals surface area contributed by atoms with Gasteiger partial charge in [0.2, 0.25) is 5.95 Å². The number of hydrogen-bond acceptors (Lipinski definition) is 4. The molecule has 3 aromatic rings. The number of aromatic amines is 1. The van der Waals surface area contributed by atoms with Crippen molar-refractivity contribution in [3.63, 3.8) is 0 Å². The highest BCUT2D eigenvalue weighted by Gasteiger charge is 2.19. The molecule has 0 radical (unpaired) electrons. The molecule has 2 N–H and O–H groups in total. The van der Waals surface area contributed by atoms with Gasteiger partial charge in [0.05, 0.1) is 11.7 Å². The van der Waals surface area contributed by atoms with Gasteiger partial charge in [-0.15, -0.1) is 0 Å². The van der Waals surface area contributed by atoms with Crippen LogP contribution in [0.15, 0.2) is 35.3 Å². The highest BCUT2D eigenvalue weighted by Crippen LogP contribution is 2.18. The van der Waals surface area contributed by atoms with Gasteiger partial charge in [0.1, 0.15) is 5.39 Å². The number of H-pyrrole nitrogens is 1. The molecular weight excluding hydrogens is 302 g/mol. The molecule has 0 aliphatic rings. The average molecular weight is 325 g/mol. The predicted molar refractivity (Wildman–Crippen MR) is 96.3 cm³/mol. The number of hydrogen-bond donors (Lipinski definition) is 2. The van der Waals surface area contributed by atoms with E-state index in [1.165, 1.54) is 5.56 Å². The molecule has 24 heavy (non-hydrogen) atoms. The van der Waals surface area contributed by atoms with Crippen LogP contribution in [0.2, 0.25) is 0 Å². The second-order valence-corrected chi connectivity index (χ2v) is 6.90. The van der Waals surface area contributed by atoms with E-state index in [4.69, 9.17) is 0 Å². The number of rotatable bonds is 4. The number of nitrogens with one attached hydrogen (secondary N) is 2. The average Bonchev–Trinajstić information content (AvgIpc) is 2.98. The SMILES string of the molecule is CCc1ccc(CNc2nc3c(cnn3C(C)(C)C)c(=O)[nH]2)cc1. The lowest BCUT2D eigenvalue weighted by Crippen LogP contribution is -2.24. The Morgan fingerprint density at radius 2 is 1.83 bits per heavy atom. The fourth-order valence-electron chi connectivity index (χ4n) is 2.57. The summed E-state index contributed by atoms with van der Waals surface area (Å²) in [6.45, 7) is 8.83. The summed E-state index contributed by atoms with van der Waals surface area (Å²) in [5.74, 6) is 0.457. The van der Waals surface area contributed by atoms with Crippen LogP contribution in [0.4, 0.5) is 5.95 Å². The van der Waals surface area contributed by atoms with Crippen LogP contribution in [0, 0.1) is 0 Å². The van der Waals surface area contributed by atoms with E-state index in [0.717, 1.165) is 12.0 Å². The van der Waals surface area contributed by atoms with Gasteiger partial charge < -0.3 is 5.32 Å². The molecule has 0 saturated heterocycles. The highest BCUT2D eigenvalue weighted by atomic mass is 16.1. The molecule has 0 unspecified atom stereocenters. The second-order valence-electron chi connectivity index (χ2n) is 6.90. The van der Waals surface area contributed by atoms with Crippen molar-refractivity contribution in [2.45, 2.75) is 46.2 Å². The molecule has 3 rings (SSSR count). The third kappa shape index (κ3) is 3.18. The number of aromatic nitrogens is 4. The summed E-state index contributed by atoms with van der Waals surface area (Å²) in [5, 5.41) is 8.01. The molecule has 0 aliphatic carbocycles. The van der Waals surface area contributed by atoms with Crippen LogP contribution in [0.3, 0.4) is 0 Å².